The second-order valence-corrected chi connectivity index (χ2v) is 6.32. The SMILES string of the molecule is CCCC(C)NC(=O)CS(=O)(=O)c1ncccc1N. The summed E-state index contributed by atoms with van der Waals surface area (Å²) in [4.78, 5) is 15.4. The van der Waals surface area contributed by atoms with Gasteiger partial charge in [0.05, 0.1) is 5.69 Å². The van der Waals surface area contributed by atoms with Crippen LogP contribution < -0.4 is 11.1 Å². The van der Waals surface area contributed by atoms with Gasteiger partial charge in [0, 0.05) is 12.2 Å². The molecule has 0 aromatic carbocycles. The molecule has 1 heterocycles. The highest BCUT2D eigenvalue weighted by atomic mass is 32.2. The van der Waals surface area contributed by atoms with Gasteiger partial charge in [-0.05, 0) is 25.5 Å². The topological polar surface area (TPSA) is 102 Å². The Hall–Kier alpha value is -1.63. The summed E-state index contributed by atoms with van der Waals surface area (Å²) in [6, 6.07) is 2.93. The van der Waals surface area contributed by atoms with Crippen molar-refractivity contribution >= 4 is 21.4 Å². The molecule has 1 aromatic rings. The van der Waals surface area contributed by atoms with E-state index in [1.165, 1.54) is 18.3 Å². The lowest BCUT2D eigenvalue weighted by Crippen LogP contribution is -2.37. The highest BCUT2D eigenvalue weighted by Crippen LogP contribution is 2.15. The number of aromatic nitrogens is 1. The van der Waals surface area contributed by atoms with Crippen LogP contribution in [0.4, 0.5) is 5.69 Å². The van der Waals surface area contributed by atoms with Crippen LogP contribution in [0.2, 0.25) is 0 Å². The number of nitrogen functional groups attached to an aromatic ring is 1. The summed E-state index contributed by atoms with van der Waals surface area (Å²) in [6.45, 7) is 3.83. The lowest BCUT2D eigenvalue weighted by Gasteiger charge is -2.13. The number of hydrogen-bond donors (Lipinski definition) is 2. The third-order valence-corrected chi connectivity index (χ3v) is 4.12. The Labute approximate surface area is 113 Å². The number of carbonyl (C=O) groups excluding carboxylic acids is 1. The smallest absolute Gasteiger partial charge is 0.235 e. The van der Waals surface area contributed by atoms with Crippen LogP contribution >= 0.6 is 0 Å². The maximum absolute atomic E-state index is 12.0. The summed E-state index contributed by atoms with van der Waals surface area (Å²) in [6.07, 6.45) is 3.06. The van der Waals surface area contributed by atoms with Crippen molar-refractivity contribution in [2.24, 2.45) is 0 Å². The van der Waals surface area contributed by atoms with E-state index in [0.717, 1.165) is 12.8 Å². The van der Waals surface area contributed by atoms with Crippen LogP contribution in [0.5, 0.6) is 0 Å². The molecule has 0 aliphatic heterocycles. The summed E-state index contributed by atoms with van der Waals surface area (Å²) in [5.74, 6) is -1.17. The van der Waals surface area contributed by atoms with Crippen LogP contribution in [0, 0.1) is 0 Å². The first-order valence-electron chi connectivity index (χ1n) is 6.09. The number of nitrogens with two attached hydrogens (primary N) is 1. The zero-order valence-electron chi connectivity index (χ0n) is 11.1. The number of sulfone groups is 1. The van der Waals surface area contributed by atoms with Crippen molar-refractivity contribution in [2.45, 2.75) is 37.8 Å². The fraction of sp³-hybridized carbons (Fsp3) is 0.500. The molecule has 1 amide bonds. The molecule has 3 N–H and O–H groups in total. The predicted octanol–water partition coefficient (Wildman–Crippen LogP) is 0.742. The average Bonchev–Trinajstić information content (AvgIpc) is 2.28. The monoisotopic (exact) mass is 285 g/mol. The van der Waals surface area contributed by atoms with E-state index in [9.17, 15) is 13.2 Å². The summed E-state index contributed by atoms with van der Waals surface area (Å²) < 4.78 is 24.0. The fourth-order valence-electron chi connectivity index (χ4n) is 1.73. The predicted molar refractivity (Wildman–Crippen MR) is 73.2 cm³/mol. The number of anilines is 1. The quantitative estimate of drug-likeness (QED) is 0.802. The number of nitrogens with one attached hydrogen (secondary N) is 1. The zero-order valence-corrected chi connectivity index (χ0v) is 11.9. The van der Waals surface area contributed by atoms with Crippen molar-refractivity contribution in [2.75, 3.05) is 11.5 Å². The van der Waals surface area contributed by atoms with E-state index in [-0.39, 0.29) is 16.8 Å². The standard InChI is InChI=1S/C12H19N3O3S/c1-3-5-9(2)15-11(16)8-19(17,18)12-10(13)6-4-7-14-12/h4,6-7,9H,3,5,8,13H2,1-2H3,(H,15,16). The van der Waals surface area contributed by atoms with Gasteiger partial charge in [-0.2, -0.15) is 0 Å². The Morgan fingerprint density at radius 2 is 2.21 bits per heavy atom. The molecular weight excluding hydrogens is 266 g/mol. The van der Waals surface area contributed by atoms with Crippen molar-refractivity contribution in [3.8, 4) is 0 Å². The maximum Gasteiger partial charge on any atom is 0.235 e. The molecule has 0 fully saturated rings. The van der Waals surface area contributed by atoms with E-state index in [0.29, 0.717) is 0 Å². The molecule has 0 aliphatic rings. The molecule has 1 unspecified atom stereocenters. The van der Waals surface area contributed by atoms with Gasteiger partial charge in [0.25, 0.3) is 0 Å². The lowest BCUT2D eigenvalue weighted by molar-refractivity contribution is -0.119. The Bertz CT molecular complexity index is 543. The van der Waals surface area contributed by atoms with E-state index in [4.69, 9.17) is 5.73 Å². The van der Waals surface area contributed by atoms with Crippen molar-refractivity contribution in [3.63, 3.8) is 0 Å². The summed E-state index contributed by atoms with van der Waals surface area (Å²) in [5.41, 5.74) is 5.61. The van der Waals surface area contributed by atoms with E-state index in [1.54, 1.807) is 0 Å². The fourth-order valence-corrected chi connectivity index (χ4v) is 2.94. The summed E-state index contributed by atoms with van der Waals surface area (Å²) >= 11 is 0. The highest BCUT2D eigenvalue weighted by Gasteiger charge is 2.23. The molecule has 7 heteroatoms. The van der Waals surface area contributed by atoms with E-state index >= 15 is 0 Å². The molecule has 0 saturated heterocycles. The number of pyridine rings is 1. The van der Waals surface area contributed by atoms with Crippen LogP contribution in [0.1, 0.15) is 26.7 Å². The van der Waals surface area contributed by atoms with Crippen molar-refractivity contribution in [1.82, 2.24) is 10.3 Å². The molecule has 1 aromatic heterocycles. The van der Waals surface area contributed by atoms with Gasteiger partial charge in [0.2, 0.25) is 15.7 Å². The number of amides is 1. The van der Waals surface area contributed by atoms with Gasteiger partial charge < -0.3 is 11.1 Å². The number of hydrogen-bond acceptors (Lipinski definition) is 5. The third kappa shape index (κ3) is 4.51. The molecule has 6 nitrogen and oxygen atoms in total. The molecule has 0 bridgehead atoms. The molecule has 106 valence electrons. The first-order chi connectivity index (χ1) is 8.86. The van der Waals surface area contributed by atoms with Gasteiger partial charge in [-0.3, -0.25) is 4.79 Å². The average molecular weight is 285 g/mol. The summed E-state index contributed by atoms with van der Waals surface area (Å²) in [7, 11) is -3.80. The molecule has 0 spiro atoms. The number of rotatable bonds is 6. The van der Waals surface area contributed by atoms with Crippen LogP contribution in [-0.2, 0) is 14.6 Å². The van der Waals surface area contributed by atoms with Crippen molar-refractivity contribution in [3.05, 3.63) is 18.3 Å². The zero-order chi connectivity index (χ0) is 14.5. The Morgan fingerprint density at radius 1 is 1.53 bits per heavy atom. The second-order valence-electron chi connectivity index (χ2n) is 4.41. The molecular formula is C12H19N3O3S. The van der Waals surface area contributed by atoms with Crippen LogP contribution in [0.15, 0.2) is 23.4 Å². The van der Waals surface area contributed by atoms with E-state index in [1.807, 2.05) is 13.8 Å². The molecule has 0 radical (unpaired) electrons. The van der Waals surface area contributed by atoms with E-state index in [2.05, 4.69) is 10.3 Å². The second kappa shape index (κ2) is 6.51. The van der Waals surface area contributed by atoms with Gasteiger partial charge in [0.1, 0.15) is 5.75 Å². The molecule has 1 rings (SSSR count). The molecule has 0 saturated carbocycles. The van der Waals surface area contributed by atoms with Gasteiger partial charge >= 0.3 is 0 Å². The maximum atomic E-state index is 12.0. The van der Waals surface area contributed by atoms with Crippen molar-refractivity contribution in [1.29, 1.82) is 0 Å². The first-order valence-corrected chi connectivity index (χ1v) is 7.74. The normalized spacial score (nSPS) is 12.9. The minimum atomic E-state index is -3.80. The Kier molecular flexibility index (Phi) is 5.29. The third-order valence-electron chi connectivity index (χ3n) is 2.55. The Morgan fingerprint density at radius 3 is 2.79 bits per heavy atom. The Balaban J connectivity index is 2.76. The van der Waals surface area contributed by atoms with Gasteiger partial charge in [-0.1, -0.05) is 13.3 Å². The number of carbonyl (C=O) groups is 1. The highest BCUT2D eigenvalue weighted by molar-refractivity contribution is 7.92. The largest absolute Gasteiger partial charge is 0.396 e. The van der Waals surface area contributed by atoms with Crippen molar-refractivity contribution < 1.29 is 13.2 Å². The van der Waals surface area contributed by atoms with E-state index < -0.39 is 21.5 Å². The van der Waals surface area contributed by atoms with Crippen LogP contribution in [0.3, 0.4) is 0 Å². The lowest BCUT2D eigenvalue weighted by atomic mass is 10.2. The minimum absolute atomic E-state index is 0.0474. The van der Waals surface area contributed by atoms with Gasteiger partial charge in [0.15, 0.2) is 5.03 Å². The number of nitrogens with zero attached hydrogens (tertiary/aromatic N) is 1. The minimum Gasteiger partial charge on any atom is -0.396 e. The van der Waals surface area contributed by atoms with Crippen LogP contribution in [-0.4, -0.2) is 31.1 Å². The van der Waals surface area contributed by atoms with Gasteiger partial charge in [-0.15, -0.1) is 0 Å². The van der Waals surface area contributed by atoms with Gasteiger partial charge in [-0.25, -0.2) is 13.4 Å². The first kappa shape index (κ1) is 15.4. The molecule has 0 aliphatic carbocycles. The molecule has 19 heavy (non-hydrogen) atoms. The summed E-state index contributed by atoms with van der Waals surface area (Å²) in [5, 5.41) is 2.40. The molecule has 1 atom stereocenters. The van der Waals surface area contributed by atoms with Crippen LogP contribution in [0.25, 0.3) is 0 Å².